The molecule has 4 rings (SSSR count). The highest BCUT2D eigenvalue weighted by molar-refractivity contribution is 8.00. The van der Waals surface area contributed by atoms with Crippen LogP contribution in [0.2, 0.25) is 5.02 Å². The molecule has 0 spiro atoms. The summed E-state index contributed by atoms with van der Waals surface area (Å²) in [5, 5.41) is 3.41. The quantitative estimate of drug-likeness (QED) is 0.305. The number of anilines is 1. The molecule has 0 bridgehead atoms. The van der Waals surface area contributed by atoms with E-state index in [1.807, 2.05) is 56.3 Å². The van der Waals surface area contributed by atoms with Gasteiger partial charge in [-0.15, -0.1) is 0 Å². The molecule has 0 radical (unpaired) electrons. The summed E-state index contributed by atoms with van der Waals surface area (Å²) in [4.78, 5) is 39.2. The number of nitrogens with zero attached hydrogens (tertiary/aromatic N) is 4. The second kappa shape index (κ2) is 10.1. The Labute approximate surface area is 200 Å². The number of hydrogen-bond acceptors (Lipinski definition) is 6. The van der Waals surface area contributed by atoms with Gasteiger partial charge in [-0.25, -0.2) is 15.0 Å². The molecule has 9 heteroatoms. The first kappa shape index (κ1) is 22.9. The maximum atomic E-state index is 13.3. The summed E-state index contributed by atoms with van der Waals surface area (Å²) >= 11 is 7.58. The average molecular weight is 480 g/mol. The number of halogens is 1. The Morgan fingerprint density at radius 2 is 1.85 bits per heavy atom. The van der Waals surface area contributed by atoms with Gasteiger partial charge in [0.2, 0.25) is 5.91 Å². The molecule has 0 saturated heterocycles. The summed E-state index contributed by atoms with van der Waals surface area (Å²) in [5.74, 6) is -0.163. The maximum absolute atomic E-state index is 13.3. The van der Waals surface area contributed by atoms with E-state index in [4.69, 9.17) is 11.6 Å². The Hall–Kier alpha value is -3.23. The monoisotopic (exact) mass is 479 g/mol. The zero-order chi connectivity index (χ0) is 23.4. The minimum absolute atomic E-state index is 0.163. The summed E-state index contributed by atoms with van der Waals surface area (Å²) in [7, 11) is 0. The van der Waals surface area contributed by atoms with Gasteiger partial charge in [-0.05, 0) is 37.1 Å². The number of thioether (sulfide) groups is 1. The van der Waals surface area contributed by atoms with Gasteiger partial charge in [0.1, 0.15) is 0 Å². The second-order valence-corrected chi connectivity index (χ2v) is 9.05. The molecule has 2 aromatic carbocycles. The lowest BCUT2D eigenvalue weighted by Gasteiger charge is -2.18. The fraction of sp³-hybridized carbons (Fsp3) is 0.208. The van der Waals surface area contributed by atoms with Crippen molar-refractivity contribution < 1.29 is 4.79 Å². The molecule has 1 atom stereocenters. The van der Waals surface area contributed by atoms with Gasteiger partial charge in [-0.2, -0.15) is 0 Å². The standard InChI is InChI=1S/C24H22ClN5O2S/c1-3-19(22(31)28-17-10-8-15(2)9-11-17)33-24-29-21-20(26-12-13-27-21)23(32)30(24)14-16-6-4-5-7-18(16)25/h4-13,19H,3,14H2,1-2H3,(H,28,31)/t19-/m0/s1. The van der Waals surface area contributed by atoms with Gasteiger partial charge in [-0.1, -0.05) is 66.2 Å². The van der Waals surface area contributed by atoms with Crippen LogP contribution in [0.15, 0.2) is 70.9 Å². The molecule has 1 amide bonds. The average Bonchev–Trinajstić information content (AvgIpc) is 2.82. The lowest BCUT2D eigenvalue weighted by Crippen LogP contribution is -2.29. The number of carbonyl (C=O) groups excluding carboxylic acids is 1. The summed E-state index contributed by atoms with van der Waals surface area (Å²) in [6.07, 6.45) is 3.49. The van der Waals surface area contributed by atoms with Crippen molar-refractivity contribution in [2.45, 2.75) is 37.2 Å². The summed E-state index contributed by atoms with van der Waals surface area (Å²) in [5.41, 5.74) is 2.69. The smallest absolute Gasteiger partial charge is 0.282 e. The summed E-state index contributed by atoms with van der Waals surface area (Å²) in [6.45, 7) is 4.11. The first-order chi connectivity index (χ1) is 16.0. The number of rotatable bonds is 7. The van der Waals surface area contributed by atoms with Crippen LogP contribution in [-0.2, 0) is 11.3 Å². The van der Waals surface area contributed by atoms with Crippen LogP contribution in [0.1, 0.15) is 24.5 Å². The first-order valence-electron chi connectivity index (χ1n) is 10.5. The number of hydrogen-bond donors (Lipinski definition) is 1. The van der Waals surface area contributed by atoms with Crippen molar-refractivity contribution in [1.29, 1.82) is 0 Å². The van der Waals surface area contributed by atoms with E-state index in [1.165, 1.54) is 28.7 Å². The fourth-order valence-electron chi connectivity index (χ4n) is 3.26. The van der Waals surface area contributed by atoms with Gasteiger partial charge < -0.3 is 5.32 Å². The van der Waals surface area contributed by atoms with Gasteiger partial charge in [0.25, 0.3) is 5.56 Å². The molecule has 1 N–H and O–H groups in total. The lowest BCUT2D eigenvalue weighted by molar-refractivity contribution is -0.115. The van der Waals surface area contributed by atoms with E-state index >= 15 is 0 Å². The highest BCUT2D eigenvalue weighted by atomic mass is 35.5. The first-order valence-corrected chi connectivity index (χ1v) is 11.7. The number of aryl methyl sites for hydroxylation is 1. The van der Waals surface area contributed by atoms with Crippen molar-refractivity contribution in [3.8, 4) is 0 Å². The van der Waals surface area contributed by atoms with Crippen molar-refractivity contribution in [2.75, 3.05) is 5.32 Å². The van der Waals surface area contributed by atoms with Crippen molar-refractivity contribution in [1.82, 2.24) is 19.5 Å². The third-order valence-electron chi connectivity index (χ3n) is 5.08. The van der Waals surface area contributed by atoms with Gasteiger partial charge in [0.05, 0.1) is 11.8 Å². The third-order valence-corrected chi connectivity index (χ3v) is 6.80. The molecule has 2 heterocycles. The largest absolute Gasteiger partial charge is 0.325 e. The van der Waals surface area contributed by atoms with Gasteiger partial charge >= 0.3 is 0 Å². The molecular weight excluding hydrogens is 458 g/mol. The number of fused-ring (bicyclic) bond motifs is 1. The second-order valence-electron chi connectivity index (χ2n) is 7.48. The Kier molecular flexibility index (Phi) is 7.05. The molecule has 168 valence electrons. The minimum atomic E-state index is -0.468. The van der Waals surface area contributed by atoms with Gasteiger partial charge in [0.15, 0.2) is 16.3 Å². The van der Waals surface area contributed by atoms with Crippen LogP contribution in [0.3, 0.4) is 0 Å². The van der Waals surface area contributed by atoms with Crippen LogP contribution in [0.5, 0.6) is 0 Å². The molecule has 2 aromatic heterocycles. The van der Waals surface area contributed by atoms with Crippen LogP contribution in [-0.4, -0.2) is 30.7 Å². The third kappa shape index (κ3) is 5.23. The predicted octanol–water partition coefficient (Wildman–Crippen LogP) is 4.71. The van der Waals surface area contributed by atoms with Crippen LogP contribution >= 0.6 is 23.4 Å². The van der Waals surface area contributed by atoms with Crippen LogP contribution < -0.4 is 10.9 Å². The number of carbonyl (C=O) groups is 1. The van der Waals surface area contributed by atoms with Crippen molar-refractivity contribution >= 4 is 46.1 Å². The van der Waals surface area contributed by atoms with Crippen LogP contribution in [0.4, 0.5) is 5.69 Å². The normalized spacial score (nSPS) is 12.0. The molecule has 0 aliphatic heterocycles. The van der Waals surface area contributed by atoms with Gasteiger partial charge in [-0.3, -0.25) is 14.2 Å². The Bertz CT molecular complexity index is 1360. The Morgan fingerprint density at radius 1 is 1.12 bits per heavy atom. The SMILES string of the molecule is CC[C@H](Sc1nc2nccnc2c(=O)n1Cc1ccccc1Cl)C(=O)Nc1ccc(C)cc1. The van der Waals surface area contributed by atoms with Gasteiger partial charge in [0, 0.05) is 23.1 Å². The number of nitrogens with one attached hydrogen (secondary N) is 1. The molecule has 0 fully saturated rings. The van der Waals surface area contributed by atoms with Crippen molar-refractivity contribution in [2.24, 2.45) is 0 Å². The molecule has 4 aromatic rings. The molecule has 0 saturated carbocycles. The maximum Gasteiger partial charge on any atom is 0.282 e. The van der Waals surface area contributed by atoms with Crippen molar-refractivity contribution in [3.05, 3.63) is 87.4 Å². The molecule has 33 heavy (non-hydrogen) atoms. The van der Waals surface area contributed by atoms with E-state index < -0.39 is 5.25 Å². The highest BCUT2D eigenvalue weighted by Gasteiger charge is 2.23. The molecular formula is C24H22ClN5O2S. The molecule has 7 nitrogen and oxygen atoms in total. The van der Waals surface area contributed by atoms with E-state index in [9.17, 15) is 9.59 Å². The van der Waals surface area contributed by atoms with Crippen molar-refractivity contribution in [3.63, 3.8) is 0 Å². The summed E-state index contributed by atoms with van der Waals surface area (Å²) < 4.78 is 1.50. The number of aromatic nitrogens is 4. The highest BCUT2D eigenvalue weighted by Crippen LogP contribution is 2.27. The zero-order valence-electron chi connectivity index (χ0n) is 18.2. The number of benzene rings is 2. The molecule has 0 aliphatic carbocycles. The van der Waals surface area contributed by atoms with Crippen LogP contribution in [0, 0.1) is 6.92 Å². The minimum Gasteiger partial charge on any atom is -0.325 e. The lowest BCUT2D eigenvalue weighted by atomic mass is 10.2. The zero-order valence-corrected chi connectivity index (χ0v) is 19.7. The predicted molar refractivity (Wildman–Crippen MR) is 132 cm³/mol. The Balaban J connectivity index is 1.70. The van der Waals surface area contributed by atoms with E-state index in [-0.39, 0.29) is 29.2 Å². The topological polar surface area (TPSA) is 89.8 Å². The van der Waals surface area contributed by atoms with E-state index in [0.717, 1.165) is 16.8 Å². The molecule has 0 aliphatic rings. The van der Waals surface area contributed by atoms with E-state index in [1.54, 1.807) is 6.07 Å². The van der Waals surface area contributed by atoms with Crippen LogP contribution in [0.25, 0.3) is 11.2 Å². The Morgan fingerprint density at radius 3 is 2.58 bits per heavy atom. The summed E-state index contributed by atoms with van der Waals surface area (Å²) in [6, 6.07) is 14.9. The molecule has 0 unspecified atom stereocenters. The number of amides is 1. The van der Waals surface area contributed by atoms with E-state index in [2.05, 4.69) is 20.3 Å². The fourth-order valence-corrected chi connectivity index (χ4v) is 4.46. The van der Waals surface area contributed by atoms with E-state index in [0.29, 0.717) is 16.6 Å².